The van der Waals surface area contributed by atoms with Gasteiger partial charge in [-0.3, -0.25) is 9.59 Å². The lowest BCUT2D eigenvalue weighted by Crippen LogP contribution is -2.20. The molecule has 8 heteroatoms. The summed E-state index contributed by atoms with van der Waals surface area (Å²) < 4.78 is 21.5. The molecule has 152 valence electrons. The molecule has 0 radical (unpaired) electrons. The number of rotatable bonds is 5. The monoisotopic (exact) mass is 407 g/mol. The van der Waals surface area contributed by atoms with E-state index in [0.717, 1.165) is 25.0 Å². The normalized spacial score (nSPS) is 13.1. The average molecular weight is 407 g/mol. The molecular formula is C22H18FN3O4. The van der Waals surface area contributed by atoms with Gasteiger partial charge in [-0.05, 0) is 43.2 Å². The summed E-state index contributed by atoms with van der Waals surface area (Å²) in [4.78, 5) is 40.3. The molecule has 1 aromatic carbocycles. The van der Waals surface area contributed by atoms with Gasteiger partial charge in [-0.25, -0.2) is 14.2 Å². The SMILES string of the molecule is C=CC(=O)Nc1ccc(-c2cc3c(cc2F)c(=O)c(C(=O)OC)cn3C2CC2)cn1. The summed E-state index contributed by atoms with van der Waals surface area (Å²) in [5.74, 6) is -1.46. The number of aromatic nitrogens is 2. The van der Waals surface area contributed by atoms with Crippen molar-refractivity contribution in [2.75, 3.05) is 12.4 Å². The molecule has 0 aliphatic heterocycles. The number of fused-ring (bicyclic) bond motifs is 1. The van der Waals surface area contributed by atoms with Gasteiger partial charge in [-0.1, -0.05) is 6.58 Å². The van der Waals surface area contributed by atoms with E-state index in [1.54, 1.807) is 18.2 Å². The molecule has 2 heterocycles. The van der Waals surface area contributed by atoms with Crippen molar-refractivity contribution in [3.8, 4) is 11.1 Å². The molecule has 0 spiro atoms. The van der Waals surface area contributed by atoms with E-state index in [9.17, 15) is 18.8 Å². The van der Waals surface area contributed by atoms with Gasteiger partial charge < -0.3 is 14.6 Å². The van der Waals surface area contributed by atoms with Crippen LogP contribution in [0.15, 0.2) is 54.1 Å². The number of halogens is 1. The van der Waals surface area contributed by atoms with Crippen LogP contribution in [0.5, 0.6) is 0 Å². The summed E-state index contributed by atoms with van der Waals surface area (Å²) in [7, 11) is 1.20. The molecule has 3 aromatic rings. The Kier molecular flexibility index (Phi) is 4.91. The molecule has 1 saturated carbocycles. The predicted octanol–water partition coefficient (Wildman–Crippen LogP) is 3.45. The summed E-state index contributed by atoms with van der Waals surface area (Å²) >= 11 is 0. The second-order valence-corrected chi connectivity index (χ2v) is 6.98. The fourth-order valence-corrected chi connectivity index (χ4v) is 3.31. The van der Waals surface area contributed by atoms with E-state index < -0.39 is 23.1 Å². The second kappa shape index (κ2) is 7.55. The van der Waals surface area contributed by atoms with Gasteiger partial charge in [0.05, 0.1) is 12.6 Å². The number of methoxy groups -OCH3 is 1. The van der Waals surface area contributed by atoms with Crippen LogP contribution in [0, 0.1) is 5.82 Å². The van der Waals surface area contributed by atoms with Crippen LogP contribution in [0.4, 0.5) is 10.2 Å². The first-order chi connectivity index (χ1) is 14.4. The number of nitrogens with one attached hydrogen (secondary N) is 1. The summed E-state index contributed by atoms with van der Waals surface area (Å²) in [5, 5.41) is 2.64. The predicted molar refractivity (Wildman–Crippen MR) is 110 cm³/mol. The highest BCUT2D eigenvalue weighted by Gasteiger charge is 2.27. The first-order valence-corrected chi connectivity index (χ1v) is 9.29. The van der Waals surface area contributed by atoms with Crippen molar-refractivity contribution in [2.45, 2.75) is 18.9 Å². The lowest BCUT2D eigenvalue weighted by molar-refractivity contribution is -0.111. The Morgan fingerprint density at radius 3 is 2.70 bits per heavy atom. The Morgan fingerprint density at radius 1 is 1.33 bits per heavy atom. The molecule has 1 fully saturated rings. The molecule has 0 unspecified atom stereocenters. The Bertz CT molecular complexity index is 1240. The van der Waals surface area contributed by atoms with Crippen LogP contribution in [0.25, 0.3) is 22.0 Å². The summed E-state index contributed by atoms with van der Waals surface area (Å²) in [5.41, 5.74) is 0.595. The maximum absolute atomic E-state index is 14.9. The Morgan fingerprint density at radius 2 is 2.10 bits per heavy atom. The molecule has 1 N–H and O–H groups in total. The van der Waals surface area contributed by atoms with Crippen LogP contribution >= 0.6 is 0 Å². The highest BCUT2D eigenvalue weighted by molar-refractivity contribution is 5.98. The van der Waals surface area contributed by atoms with E-state index in [4.69, 9.17) is 4.74 Å². The number of carbonyl (C=O) groups is 2. The van der Waals surface area contributed by atoms with Crippen molar-refractivity contribution in [3.63, 3.8) is 0 Å². The summed E-state index contributed by atoms with van der Waals surface area (Å²) in [6.07, 6.45) is 5.86. The number of amides is 1. The van der Waals surface area contributed by atoms with Crippen LogP contribution in [-0.4, -0.2) is 28.5 Å². The molecule has 0 atom stereocenters. The van der Waals surface area contributed by atoms with Crippen molar-refractivity contribution >= 4 is 28.6 Å². The summed E-state index contributed by atoms with van der Waals surface area (Å²) in [6, 6.07) is 6.05. The average Bonchev–Trinajstić information content (AvgIpc) is 3.59. The van der Waals surface area contributed by atoms with E-state index in [1.807, 2.05) is 4.57 Å². The van der Waals surface area contributed by atoms with Crippen molar-refractivity contribution < 1.29 is 18.7 Å². The van der Waals surface area contributed by atoms with Gasteiger partial charge in [-0.15, -0.1) is 0 Å². The van der Waals surface area contributed by atoms with Crippen molar-refractivity contribution in [2.24, 2.45) is 0 Å². The van der Waals surface area contributed by atoms with Gasteiger partial charge in [0, 0.05) is 34.9 Å². The zero-order valence-corrected chi connectivity index (χ0v) is 16.1. The Labute approximate surface area is 170 Å². The molecule has 0 bridgehead atoms. The number of benzene rings is 1. The van der Waals surface area contributed by atoms with Crippen LogP contribution in [-0.2, 0) is 9.53 Å². The maximum atomic E-state index is 14.9. The zero-order chi connectivity index (χ0) is 21.4. The standard InChI is InChI=1S/C22H18FN3O4/c1-3-20(27)25-19-7-4-12(10-24-19)14-9-18-15(8-17(14)23)21(28)16(22(29)30-2)11-26(18)13-5-6-13/h3-4,7-11,13H,1,5-6H2,2H3,(H,24,25,27). The van der Waals surface area contributed by atoms with E-state index in [-0.39, 0.29) is 22.6 Å². The third kappa shape index (κ3) is 3.47. The Hall–Kier alpha value is -3.81. The number of ether oxygens (including phenoxy) is 1. The van der Waals surface area contributed by atoms with Crippen molar-refractivity contribution in [1.82, 2.24) is 9.55 Å². The molecule has 2 aromatic heterocycles. The van der Waals surface area contributed by atoms with Gasteiger partial charge in [0.1, 0.15) is 17.2 Å². The molecule has 1 aliphatic rings. The Balaban J connectivity index is 1.85. The van der Waals surface area contributed by atoms with Crippen LogP contribution in [0.3, 0.4) is 0 Å². The number of esters is 1. The fraction of sp³-hybridized carbons (Fsp3) is 0.182. The number of pyridine rings is 2. The summed E-state index contributed by atoms with van der Waals surface area (Å²) in [6.45, 7) is 3.37. The molecule has 7 nitrogen and oxygen atoms in total. The fourth-order valence-electron chi connectivity index (χ4n) is 3.31. The van der Waals surface area contributed by atoms with E-state index in [0.29, 0.717) is 16.9 Å². The minimum atomic E-state index is -0.748. The second-order valence-electron chi connectivity index (χ2n) is 6.98. The minimum Gasteiger partial charge on any atom is -0.465 e. The third-order valence-corrected chi connectivity index (χ3v) is 4.98. The van der Waals surface area contributed by atoms with Crippen molar-refractivity contribution in [3.05, 3.63) is 70.9 Å². The lowest BCUT2D eigenvalue weighted by Gasteiger charge is -2.14. The first kappa shape index (κ1) is 19.5. The van der Waals surface area contributed by atoms with E-state index in [2.05, 4.69) is 16.9 Å². The number of hydrogen-bond donors (Lipinski definition) is 1. The highest BCUT2D eigenvalue weighted by Crippen LogP contribution is 2.38. The van der Waals surface area contributed by atoms with Gasteiger partial charge in [0.15, 0.2) is 0 Å². The maximum Gasteiger partial charge on any atom is 0.343 e. The minimum absolute atomic E-state index is 0.118. The third-order valence-electron chi connectivity index (χ3n) is 4.98. The molecule has 1 amide bonds. The molecular weight excluding hydrogens is 389 g/mol. The van der Waals surface area contributed by atoms with Crippen molar-refractivity contribution in [1.29, 1.82) is 0 Å². The molecule has 1 aliphatic carbocycles. The van der Waals surface area contributed by atoms with Crippen LogP contribution < -0.4 is 10.7 Å². The first-order valence-electron chi connectivity index (χ1n) is 9.29. The number of hydrogen-bond acceptors (Lipinski definition) is 5. The quantitative estimate of drug-likeness (QED) is 0.517. The highest BCUT2D eigenvalue weighted by atomic mass is 19.1. The van der Waals surface area contributed by atoms with Crippen LogP contribution in [0.1, 0.15) is 29.2 Å². The zero-order valence-electron chi connectivity index (χ0n) is 16.1. The smallest absolute Gasteiger partial charge is 0.343 e. The lowest BCUT2D eigenvalue weighted by atomic mass is 10.0. The topological polar surface area (TPSA) is 90.3 Å². The van der Waals surface area contributed by atoms with Crippen LogP contribution in [0.2, 0.25) is 0 Å². The largest absolute Gasteiger partial charge is 0.465 e. The molecule has 4 rings (SSSR count). The van der Waals surface area contributed by atoms with Gasteiger partial charge in [0.2, 0.25) is 11.3 Å². The van der Waals surface area contributed by atoms with E-state index >= 15 is 0 Å². The number of carbonyl (C=O) groups excluding carboxylic acids is 2. The van der Waals surface area contributed by atoms with E-state index in [1.165, 1.54) is 19.5 Å². The van der Waals surface area contributed by atoms with Gasteiger partial charge >= 0.3 is 5.97 Å². The van der Waals surface area contributed by atoms with Gasteiger partial charge in [-0.2, -0.15) is 0 Å². The number of anilines is 1. The molecule has 30 heavy (non-hydrogen) atoms. The number of nitrogens with zero attached hydrogens (tertiary/aromatic N) is 2. The molecule has 0 saturated heterocycles. The van der Waals surface area contributed by atoms with Gasteiger partial charge in [0.25, 0.3) is 0 Å².